The average Bonchev–Trinajstić information content (AvgIpc) is 3.50. The van der Waals surface area contributed by atoms with Crippen molar-refractivity contribution in [1.82, 2.24) is 13.9 Å². The number of halogens is 1. The lowest BCUT2D eigenvalue weighted by atomic mass is 10.2. The van der Waals surface area contributed by atoms with Crippen LogP contribution >= 0.6 is 0 Å². The van der Waals surface area contributed by atoms with Gasteiger partial charge in [-0.05, 0) is 43.2 Å². The van der Waals surface area contributed by atoms with Crippen molar-refractivity contribution >= 4 is 21.6 Å². The van der Waals surface area contributed by atoms with Gasteiger partial charge in [-0.25, -0.2) is 17.8 Å². The maximum atomic E-state index is 14.4. The molecule has 1 saturated heterocycles. The molecule has 2 heterocycles. The fraction of sp³-hybridized carbons (Fsp3) is 0.273. The first-order valence-corrected chi connectivity index (χ1v) is 11.7. The van der Waals surface area contributed by atoms with E-state index in [0.29, 0.717) is 37.7 Å². The Bertz CT molecular complexity index is 1190. The van der Waals surface area contributed by atoms with Gasteiger partial charge in [0.05, 0.1) is 18.6 Å². The number of hydrogen-bond acceptors (Lipinski definition) is 5. The maximum Gasteiger partial charge on any atom is 0.255 e. The molecule has 0 radical (unpaired) electrons. The van der Waals surface area contributed by atoms with Crippen LogP contribution in [-0.2, 0) is 16.6 Å². The van der Waals surface area contributed by atoms with Gasteiger partial charge in [-0.15, -0.1) is 0 Å². The highest BCUT2D eigenvalue weighted by atomic mass is 32.2. The standard InChI is InChI=1S/C22H23FN4O4S/c23-18-8-7-17(15-21(18)32(29,30)27-10-3-4-11-27)22(28)25-19-5-1-2-6-20(19)31-14-13-26-12-9-24-16-26/h1-2,5-9,12,15-16H,3-4,10-11,13-14H2,(H,25,28). The van der Waals surface area contributed by atoms with Crippen LogP contribution in [-0.4, -0.2) is 47.9 Å². The molecule has 0 bridgehead atoms. The van der Waals surface area contributed by atoms with Crippen molar-refractivity contribution in [1.29, 1.82) is 0 Å². The number of aromatic nitrogens is 2. The lowest BCUT2D eigenvalue weighted by molar-refractivity contribution is 0.102. The van der Waals surface area contributed by atoms with Crippen LogP contribution in [0.5, 0.6) is 5.75 Å². The summed E-state index contributed by atoms with van der Waals surface area (Å²) < 4.78 is 48.8. The number of sulfonamides is 1. The topological polar surface area (TPSA) is 93.5 Å². The van der Waals surface area contributed by atoms with Crippen molar-refractivity contribution in [3.8, 4) is 5.75 Å². The number of anilines is 1. The van der Waals surface area contributed by atoms with E-state index in [1.165, 1.54) is 10.4 Å². The number of nitrogens with one attached hydrogen (secondary N) is 1. The zero-order chi connectivity index (χ0) is 22.6. The first-order valence-electron chi connectivity index (χ1n) is 10.2. The second-order valence-corrected chi connectivity index (χ2v) is 9.26. The summed E-state index contributed by atoms with van der Waals surface area (Å²) >= 11 is 0. The van der Waals surface area contributed by atoms with E-state index in [-0.39, 0.29) is 5.56 Å². The van der Waals surface area contributed by atoms with E-state index in [4.69, 9.17) is 4.74 Å². The average molecular weight is 459 g/mol. The lowest BCUT2D eigenvalue weighted by Gasteiger charge is -2.17. The Morgan fingerprint density at radius 3 is 2.69 bits per heavy atom. The molecule has 168 valence electrons. The number of carbonyl (C=O) groups excluding carboxylic acids is 1. The van der Waals surface area contributed by atoms with Crippen molar-refractivity contribution in [3.63, 3.8) is 0 Å². The maximum absolute atomic E-state index is 14.4. The Balaban J connectivity index is 1.50. The summed E-state index contributed by atoms with van der Waals surface area (Å²) in [5.74, 6) is -0.974. The van der Waals surface area contributed by atoms with E-state index in [2.05, 4.69) is 10.3 Å². The van der Waals surface area contributed by atoms with E-state index < -0.39 is 26.6 Å². The SMILES string of the molecule is O=C(Nc1ccccc1OCCn1ccnc1)c1ccc(F)c(S(=O)(=O)N2CCCC2)c1. The van der Waals surface area contributed by atoms with Gasteiger partial charge in [0.15, 0.2) is 0 Å². The molecule has 2 aromatic carbocycles. The third kappa shape index (κ3) is 4.81. The number of rotatable bonds is 8. The minimum Gasteiger partial charge on any atom is -0.490 e. The second kappa shape index (κ2) is 9.49. The summed E-state index contributed by atoms with van der Waals surface area (Å²) in [4.78, 5) is 16.3. The molecule has 8 nitrogen and oxygen atoms in total. The van der Waals surface area contributed by atoms with Gasteiger partial charge < -0.3 is 14.6 Å². The molecule has 3 aromatic rings. The lowest BCUT2D eigenvalue weighted by Crippen LogP contribution is -2.29. The first kappa shape index (κ1) is 22.0. The highest BCUT2D eigenvalue weighted by Gasteiger charge is 2.30. The van der Waals surface area contributed by atoms with Crippen LogP contribution in [0.4, 0.5) is 10.1 Å². The zero-order valence-electron chi connectivity index (χ0n) is 17.3. The van der Waals surface area contributed by atoms with Gasteiger partial charge in [-0.1, -0.05) is 12.1 Å². The second-order valence-electron chi connectivity index (χ2n) is 7.36. The Morgan fingerprint density at radius 2 is 1.94 bits per heavy atom. The van der Waals surface area contributed by atoms with E-state index in [1.54, 1.807) is 36.8 Å². The van der Waals surface area contributed by atoms with Crippen LogP contribution in [0, 0.1) is 5.82 Å². The van der Waals surface area contributed by atoms with Crippen molar-refractivity contribution in [2.24, 2.45) is 0 Å². The number of imidazole rings is 1. The van der Waals surface area contributed by atoms with Gasteiger partial charge in [0, 0.05) is 31.0 Å². The smallest absolute Gasteiger partial charge is 0.255 e. The molecular weight excluding hydrogens is 435 g/mol. The molecule has 0 aliphatic carbocycles. The summed E-state index contributed by atoms with van der Waals surface area (Å²) in [7, 11) is -3.99. The van der Waals surface area contributed by atoms with Crippen molar-refractivity contribution < 1.29 is 22.3 Å². The van der Waals surface area contributed by atoms with Crippen molar-refractivity contribution in [3.05, 3.63) is 72.6 Å². The van der Waals surface area contributed by atoms with E-state index >= 15 is 0 Å². The summed E-state index contributed by atoms with van der Waals surface area (Å²) in [6, 6.07) is 10.3. The minimum absolute atomic E-state index is 0.0393. The monoisotopic (exact) mass is 458 g/mol. The fourth-order valence-corrected chi connectivity index (χ4v) is 5.09. The van der Waals surface area contributed by atoms with Crippen LogP contribution in [0.15, 0.2) is 66.1 Å². The third-order valence-electron chi connectivity index (χ3n) is 5.18. The molecule has 32 heavy (non-hydrogen) atoms. The number of nitrogens with zero attached hydrogens (tertiary/aromatic N) is 3. The summed E-state index contributed by atoms with van der Waals surface area (Å²) in [5.41, 5.74) is 0.466. The Labute approximate surface area is 185 Å². The summed E-state index contributed by atoms with van der Waals surface area (Å²) in [6.45, 7) is 1.64. The molecule has 1 aliphatic rings. The quantitative estimate of drug-likeness (QED) is 0.560. The Morgan fingerprint density at radius 1 is 1.16 bits per heavy atom. The fourth-order valence-electron chi connectivity index (χ4n) is 3.48. The molecule has 10 heteroatoms. The highest BCUT2D eigenvalue weighted by molar-refractivity contribution is 7.89. The normalized spacial score (nSPS) is 14.4. The van der Waals surface area contributed by atoms with Gasteiger partial charge in [0.25, 0.3) is 5.91 Å². The van der Waals surface area contributed by atoms with Crippen molar-refractivity contribution in [2.45, 2.75) is 24.3 Å². The largest absolute Gasteiger partial charge is 0.490 e. The molecule has 1 fully saturated rings. The Hall–Kier alpha value is -3.24. The summed E-state index contributed by atoms with van der Waals surface area (Å²) in [6.07, 6.45) is 6.64. The number of hydrogen-bond donors (Lipinski definition) is 1. The number of benzene rings is 2. The molecule has 1 N–H and O–H groups in total. The number of carbonyl (C=O) groups is 1. The molecule has 0 atom stereocenters. The molecule has 4 rings (SSSR count). The third-order valence-corrected chi connectivity index (χ3v) is 7.09. The number of amides is 1. The first-order chi connectivity index (χ1) is 15.4. The molecule has 1 amide bonds. The number of para-hydroxylation sites is 2. The minimum atomic E-state index is -3.99. The van der Waals surface area contributed by atoms with Gasteiger partial charge >= 0.3 is 0 Å². The van der Waals surface area contributed by atoms with Gasteiger partial charge in [0.2, 0.25) is 10.0 Å². The van der Waals surface area contributed by atoms with Crippen LogP contribution in [0.1, 0.15) is 23.2 Å². The Kier molecular flexibility index (Phi) is 6.52. The van der Waals surface area contributed by atoms with Crippen LogP contribution in [0.2, 0.25) is 0 Å². The predicted molar refractivity (Wildman–Crippen MR) is 117 cm³/mol. The number of ether oxygens (including phenoxy) is 1. The van der Waals surface area contributed by atoms with Crippen LogP contribution in [0.25, 0.3) is 0 Å². The molecular formula is C22H23FN4O4S. The van der Waals surface area contributed by atoms with E-state index in [9.17, 15) is 17.6 Å². The molecule has 0 spiro atoms. The summed E-state index contributed by atoms with van der Waals surface area (Å²) in [5, 5.41) is 2.72. The van der Waals surface area contributed by atoms with E-state index in [1.807, 2.05) is 10.8 Å². The molecule has 0 saturated carbocycles. The molecule has 1 aliphatic heterocycles. The zero-order valence-corrected chi connectivity index (χ0v) is 18.1. The highest BCUT2D eigenvalue weighted by Crippen LogP contribution is 2.27. The van der Waals surface area contributed by atoms with Gasteiger partial charge in [0.1, 0.15) is 23.1 Å². The van der Waals surface area contributed by atoms with Crippen LogP contribution in [0.3, 0.4) is 0 Å². The molecule has 0 unspecified atom stereocenters. The van der Waals surface area contributed by atoms with Crippen LogP contribution < -0.4 is 10.1 Å². The van der Waals surface area contributed by atoms with Gasteiger partial charge in [-0.2, -0.15) is 4.31 Å². The molecule has 1 aromatic heterocycles. The van der Waals surface area contributed by atoms with E-state index in [0.717, 1.165) is 25.0 Å². The van der Waals surface area contributed by atoms with Gasteiger partial charge in [-0.3, -0.25) is 4.79 Å². The van der Waals surface area contributed by atoms with Crippen molar-refractivity contribution in [2.75, 3.05) is 25.0 Å². The predicted octanol–water partition coefficient (Wildman–Crippen LogP) is 3.14.